The summed E-state index contributed by atoms with van der Waals surface area (Å²) in [6.45, 7) is 4.16. The number of carbonyl (C=O) groups is 1. The summed E-state index contributed by atoms with van der Waals surface area (Å²) in [5, 5.41) is 1.97. The minimum Gasteiger partial charge on any atom is -0.493 e. The third kappa shape index (κ3) is 5.73. The van der Waals surface area contributed by atoms with Gasteiger partial charge in [0.05, 0.1) is 35.6 Å². The third-order valence-corrected chi connectivity index (χ3v) is 8.94. The van der Waals surface area contributed by atoms with Crippen LogP contribution in [0.25, 0.3) is 16.8 Å². The molecule has 222 valence electrons. The Kier molecular flexibility index (Phi) is 8.50. The number of methoxy groups -OCH3 is 1. The fourth-order valence-corrected chi connectivity index (χ4v) is 6.67. The monoisotopic (exact) mass is 668 g/mol. The second-order valence-corrected chi connectivity index (χ2v) is 12.1. The van der Waals surface area contributed by atoms with Crippen molar-refractivity contribution >= 4 is 50.1 Å². The largest absolute Gasteiger partial charge is 0.493 e. The molecule has 7 nitrogen and oxygen atoms in total. The fraction of sp³-hybridized carbons (Fsp3) is 0.171. The number of halogens is 1. The van der Waals surface area contributed by atoms with Gasteiger partial charge in [-0.05, 0) is 71.7 Å². The van der Waals surface area contributed by atoms with Gasteiger partial charge in [-0.1, -0.05) is 87.9 Å². The molecule has 9 heteroatoms. The van der Waals surface area contributed by atoms with Crippen LogP contribution in [0.15, 0.2) is 110 Å². The zero-order valence-electron chi connectivity index (χ0n) is 24.4. The number of hydrogen-bond acceptors (Lipinski definition) is 7. The van der Waals surface area contributed by atoms with E-state index in [1.54, 1.807) is 25.5 Å². The summed E-state index contributed by atoms with van der Waals surface area (Å²) >= 11 is 4.73. The smallest absolute Gasteiger partial charge is 0.338 e. The van der Waals surface area contributed by atoms with E-state index in [2.05, 4.69) is 15.9 Å². The molecule has 0 unspecified atom stereocenters. The number of rotatable bonds is 8. The topological polar surface area (TPSA) is 79.1 Å². The summed E-state index contributed by atoms with van der Waals surface area (Å²) in [5.74, 6) is 0.668. The summed E-state index contributed by atoms with van der Waals surface area (Å²) in [6, 6.07) is 26.7. The highest BCUT2D eigenvalue weighted by Crippen LogP contribution is 2.35. The minimum absolute atomic E-state index is 0.215. The van der Waals surface area contributed by atoms with Gasteiger partial charge in [-0.3, -0.25) is 9.36 Å². The molecule has 0 saturated heterocycles. The maximum Gasteiger partial charge on any atom is 0.338 e. The van der Waals surface area contributed by atoms with Gasteiger partial charge in [-0.25, -0.2) is 9.79 Å². The summed E-state index contributed by atoms with van der Waals surface area (Å²) in [6.07, 6.45) is 1.81. The van der Waals surface area contributed by atoms with Crippen LogP contribution in [0.1, 0.15) is 36.6 Å². The molecule has 0 radical (unpaired) electrons. The van der Waals surface area contributed by atoms with Crippen molar-refractivity contribution < 1.29 is 19.0 Å². The number of fused-ring (bicyclic) bond motifs is 2. The third-order valence-electron chi connectivity index (χ3n) is 7.43. The Balaban J connectivity index is 1.43. The Bertz CT molecular complexity index is 2090. The van der Waals surface area contributed by atoms with Gasteiger partial charge in [0.15, 0.2) is 16.3 Å². The van der Waals surface area contributed by atoms with Gasteiger partial charge >= 0.3 is 5.97 Å². The van der Waals surface area contributed by atoms with Gasteiger partial charge in [0.1, 0.15) is 6.61 Å². The lowest BCUT2D eigenvalue weighted by Crippen LogP contribution is -2.40. The molecule has 6 rings (SSSR count). The second kappa shape index (κ2) is 12.6. The lowest BCUT2D eigenvalue weighted by Gasteiger charge is -2.25. The van der Waals surface area contributed by atoms with Crippen LogP contribution in [-0.2, 0) is 16.1 Å². The standard InChI is InChI=1S/C35H29BrN2O5S/c1-4-42-34(40)31-21(2)37-35-38(32(31)27-11-7-9-24-8-5-6-10-26(24)27)33(39)30(44-35)19-23-14-17-28(29(18-23)41-3)43-20-22-12-15-25(36)16-13-22/h5-19,32H,4,20H2,1-3H3/b30-19+/t32-/m0/s1. The van der Waals surface area contributed by atoms with Crippen molar-refractivity contribution in [1.29, 1.82) is 0 Å². The fourth-order valence-electron chi connectivity index (χ4n) is 5.36. The molecule has 1 aromatic heterocycles. The van der Waals surface area contributed by atoms with Crippen molar-refractivity contribution in [3.05, 3.63) is 137 Å². The van der Waals surface area contributed by atoms with Gasteiger partial charge in [-0.2, -0.15) is 0 Å². The number of carbonyl (C=O) groups excluding carboxylic acids is 1. The molecule has 1 aliphatic rings. The molecule has 0 spiro atoms. The molecule has 1 atom stereocenters. The van der Waals surface area contributed by atoms with E-state index in [9.17, 15) is 9.59 Å². The van der Waals surface area contributed by atoms with Crippen LogP contribution >= 0.6 is 27.3 Å². The SMILES string of the molecule is CCOC(=O)C1=C(C)N=c2s/c(=C/c3ccc(OCc4ccc(Br)cc4)c(OC)c3)c(=O)n2[C@H]1c1cccc2ccccc12. The number of hydrogen-bond donors (Lipinski definition) is 0. The average Bonchev–Trinajstić information content (AvgIpc) is 3.33. The van der Waals surface area contributed by atoms with E-state index in [1.165, 1.54) is 11.3 Å². The first kappa shape index (κ1) is 29.6. The molecular weight excluding hydrogens is 640 g/mol. The molecule has 0 fully saturated rings. The Morgan fingerprint density at radius 2 is 1.80 bits per heavy atom. The number of benzene rings is 4. The summed E-state index contributed by atoms with van der Waals surface area (Å²) in [4.78, 5) is 32.7. The predicted octanol–water partition coefficient (Wildman–Crippen LogP) is 6.30. The van der Waals surface area contributed by atoms with Crippen LogP contribution in [0.2, 0.25) is 0 Å². The highest BCUT2D eigenvalue weighted by Gasteiger charge is 2.34. The molecule has 5 aromatic rings. The van der Waals surface area contributed by atoms with E-state index >= 15 is 0 Å². The zero-order valence-corrected chi connectivity index (χ0v) is 26.8. The van der Waals surface area contributed by atoms with Crippen molar-refractivity contribution in [2.24, 2.45) is 4.99 Å². The maximum absolute atomic E-state index is 14.1. The van der Waals surface area contributed by atoms with Gasteiger partial charge in [0.2, 0.25) is 0 Å². The van der Waals surface area contributed by atoms with Crippen LogP contribution < -0.4 is 24.4 Å². The quantitative estimate of drug-likeness (QED) is 0.181. The van der Waals surface area contributed by atoms with Crippen molar-refractivity contribution in [3.8, 4) is 11.5 Å². The van der Waals surface area contributed by atoms with Crippen LogP contribution in [0.4, 0.5) is 0 Å². The second-order valence-electron chi connectivity index (χ2n) is 10.2. The van der Waals surface area contributed by atoms with Crippen LogP contribution in [-0.4, -0.2) is 24.3 Å². The van der Waals surface area contributed by atoms with Gasteiger partial charge in [0.25, 0.3) is 5.56 Å². The first-order chi connectivity index (χ1) is 21.4. The van der Waals surface area contributed by atoms with Crippen LogP contribution in [0, 0.1) is 0 Å². The van der Waals surface area contributed by atoms with E-state index in [1.807, 2.05) is 91.0 Å². The molecule has 0 N–H and O–H groups in total. The lowest BCUT2D eigenvalue weighted by molar-refractivity contribution is -0.139. The summed E-state index contributed by atoms with van der Waals surface area (Å²) in [5.41, 5.74) is 3.28. The Morgan fingerprint density at radius 3 is 2.57 bits per heavy atom. The molecule has 44 heavy (non-hydrogen) atoms. The normalized spacial score (nSPS) is 14.7. The maximum atomic E-state index is 14.1. The first-order valence-corrected chi connectivity index (χ1v) is 15.7. The Labute approximate surface area is 266 Å². The number of ether oxygens (including phenoxy) is 3. The molecule has 0 bridgehead atoms. The van der Waals surface area contributed by atoms with Gasteiger partial charge in [0, 0.05) is 4.47 Å². The highest BCUT2D eigenvalue weighted by molar-refractivity contribution is 9.10. The van der Waals surface area contributed by atoms with Gasteiger partial charge in [-0.15, -0.1) is 0 Å². The van der Waals surface area contributed by atoms with Crippen molar-refractivity contribution in [2.75, 3.05) is 13.7 Å². The highest BCUT2D eigenvalue weighted by atomic mass is 79.9. The number of thiazole rings is 1. The van der Waals surface area contributed by atoms with Crippen molar-refractivity contribution in [2.45, 2.75) is 26.5 Å². The first-order valence-electron chi connectivity index (χ1n) is 14.1. The summed E-state index contributed by atoms with van der Waals surface area (Å²) in [7, 11) is 1.59. The number of aromatic nitrogens is 1. The molecule has 0 saturated carbocycles. The molecule has 4 aromatic carbocycles. The predicted molar refractivity (Wildman–Crippen MR) is 176 cm³/mol. The molecule has 0 amide bonds. The van der Waals surface area contributed by atoms with Crippen LogP contribution in [0.5, 0.6) is 11.5 Å². The average molecular weight is 670 g/mol. The van der Waals surface area contributed by atoms with E-state index in [-0.39, 0.29) is 12.2 Å². The number of nitrogens with zero attached hydrogens (tertiary/aromatic N) is 2. The number of esters is 1. The number of allylic oxidation sites excluding steroid dienone is 1. The summed E-state index contributed by atoms with van der Waals surface area (Å²) < 4.78 is 20.2. The van der Waals surface area contributed by atoms with E-state index in [0.29, 0.717) is 38.7 Å². The van der Waals surface area contributed by atoms with E-state index < -0.39 is 12.0 Å². The Hall–Kier alpha value is -4.47. The van der Waals surface area contributed by atoms with Gasteiger partial charge < -0.3 is 14.2 Å². The molecule has 1 aliphatic heterocycles. The Morgan fingerprint density at radius 1 is 1.02 bits per heavy atom. The van der Waals surface area contributed by atoms with E-state index in [4.69, 9.17) is 19.2 Å². The van der Waals surface area contributed by atoms with Crippen molar-refractivity contribution in [3.63, 3.8) is 0 Å². The zero-order chi connectivity index (χ0) is 30.8. The van der Waals surface area contributed by atoms with Crippen molar-refractivity contribution in [1.82, 2.24) is 4.57 Å². The minimum atomic E-state index is -0.692. The van der Waals surface area contributed by atoms with E-state index in [0.717, 1.165) is 31.9 Å². The molecule has 2 heterocycles. The van der Waals surface area contributed by atoms with Crippen LogP contribution in [0.3, 0.4) is 0 Å². The lowest BCUT2D eigenvalue weighted by atomic mass is 9.91. The molecule has 0 aliphatic carbocycles. The molecular formula is C35H29BrN2O5S.